The molecule has 0 unspecified atom stereocenters. The van der Waals surface area contributed by atoms with Crippen molar-refractivity contribution in [2.45, 2.75) is 24.6 Å². The van der Waals surface area contributed by atoms with E-state index in [0.717, 1.165) is 13.1 Å². The summed E-state index contributed by atoms with van der Waals surface area (Å²) in [6.07, 6.45) is -0.374. The van der Waals surface area contributed by atoms with Gasteiger partial charge in [0.2, 0.25) is 0 Å². The van der Waals surface area contributed by atoms with Crippen LogP contribution in [0.3, 0.4) is 0 Å². The molecule has 0 atom stereocenters. The van der Waals surface area contributed by atoms with Crippen LogP contribution in [0.2, 0.25) is 0 Å². The standard InChI is InChI=1S/C30H29F3N6O3S/c1-38-13-10-29(11-14-38)19-39(15-16-41-29)26-22(36-27(40)23-18-43-28(37-23)20-9-12-34-35-17-20)7-8-24(25(26)30(31,32)33)42-21-5-3-2-4-6-21/h2-9,12,17-18H,10-11,13-16,19H2,1H3,(H,36,40). The quantitative estimate of drug-likeness (QED) is 0.286. The third kappa shape index (κ3) is 6.33. The van der Waals surface area contributed by atoms with Crippen molar-refractivity contribution < 1.29 is 27.4 Å². The first kappa shape index (κ1) is 29.0. The van der Waals surface area contributed by atoms with Crippen LogP contribution in [0.4, 0.5) is 24.5 Å². The van der Waals surface area contributed by atoms with Crippen molar-refractivity contribution in [1.82, 2.24) is 20.1 Å². The summed E-state index contributed by atoms with van der Waals surface area (Å²) in [6.45, 7) is 2.28. The first-order chi connectivity index (χ1) is 20.7. The van der Waals surface area contributed by atoms with Crippen molar-refractivity contribution in [3.8, 4) is 22.1 Å². The van der Waals surface area contributed by atoms with Gasteiger partial charge in [0, 0.05) is 37.1 Å². The Morgan fingerprint density at radius 1 is 1.07 bits per heavy atom. The lowest BCUT2D eigenvalue weighted by Crippen LogP contribution is -2.56. The van der Waals surface area contributed by atoms with Crippen LogP contribution in [0.15, 0.2) is 66.3 Å². The van der Waals surface area contributed by atoms with E-state index in [2.05, 4.69) is 25.4 Å². The number of likely N-dealkylation sites (tertiary alicyclic amines) is 1. The van der Waals surface area contributed by atoms with Crippen molar-refractivity contribution in [1.29, 1.82) is 0 Å². The Morgan fingerprint density at radius 3 is 2.58 bits per heavy atom. The first-order valence-electron chi connectivity index (χ1n) is 13.8. The van der Waals surface area contributed by atoms with Gasteiger partial charge in [0.05, 0.1) is 36.0 Å². The molecular formula is C30H29F3N6O3S. The third-order valence-corrected chi connectivity index (χ3v) is 8.56. The molecule has 4 heterocycles. The Kier molecular flexibility index (Phi) is 8.03. The Balaban J connectivity index is 1.40. The molecule has 4 aromatic rings. The molecule has 2 aliphatic rings. The van der Waals surface area contributed by atoms with Crippen LogP contribution in [0.25, 0.3) is 10.6 Å². The summed E-state index contributed by atoms with van der Waals surface area (Å²) in [5.41, 5.74) is -0.922. The number of halogens is 3. The van der Waals surface area contributed by atoms with Crippen LogP contribution < -0.4 is 15.0 Å². The van der Waals surface area contributed by atoms with Crippen LogP contribution in [-0.2, 0) is 10.9 Å². The fourth-order valence-electron chi connectivity index (χ4n) is 5.45. The summed E-state index contributed by atoms with van der Waals surface area (Å²) in [4.78, 5) is 21.7. The van der Waals surface area contributed by atoms with Gasteiger partial charge in [-0.15, -0.1) is 11.3 Å². The minimum Gasteiger partial charge on any atom is -0.457 e. The van der Waals surface area contributed by atoms with Crippen molar-refractivity contribution in [2.75, 3.05) is 50.1 Å². The molecule has 9 nitrogen and oxygen atoms in total. The molecule has 13 heteroatoms. The van der Waals surface area contributed by atoms with E-state index in [4.69, 9.17) is 9.47 Å². The number of carbonyl (C=O) groups excluding carboxylic acids is 1. The van der Waals surface area contributed by atoms with Crippen LogP contribution >= 0.6 is 11.3 Å². The molecule has 2 fully saturated rings. The van der Waals surface area contributed by atoms with E-state index >= 15 is 13.2 Å². The molecular weight excluding hydrogens is 581 g/mol. The number of anilines is 2. The summed E-state index contributed by atoms with van der Waals surface area (Å²) < 4.78 is 57.0. The number of hydrogen-bond donors (Lipinski definition) is 1. The minimum absolute atomic E-state index is 0.0165. The summed E-state index contributed by atoms with van der Waals surface area (Å²) in [6, 6.07) is 12.7. The number of amides is 1. The summed E-state index contributed by atoms with van der Waals surface area (Å²) >= 11 is 1.23. The Morgan fingerprint density at radius 2 is 1.86 bits per heavy atom. The molecule has 0 bridgehead atoms. The molecule has 1 amide bonds. The van der Waals surface area contributed by atoms with Crippen LogP contribution in [0.1, 0.15) is 28.9 Å². The number of benzene rings is 2. The average Bonchev–Trinajstić information content (AvgIpc) is 3.51. The summed E-state index contributed by atoms with van der Waals surface area (Å²) in [7, 11) is 2.02. The lowest BCUT2D eigenvalue weighted by atomic mass is 9.89. The van der Waals surface area contributed by atoms with Gasteiger partial charge in [-0.1, -0.05) is 18.2 Å². The normalized spacial score (nSPS) is 17.2. The fraction of sp³-hybridized carbons (Fsp3) is 0.333. The Hall–Kier alpha value is -4.07. The van der Waals surface area contributed by atoms with Gasteiger partial charge in [0.25, 0.3) is 5.91 Å². The molecule has 1 N–H and O–H groups in total. The summed E-state index contributed by atoms with van der Waals surface area (Å²) in [5.74, 6) is -0.709. The van der Waals surface area contributed by atoms with E-state index in [1.54, 1.807) is 46.7 Å². The number of aromatic nitrogens is 3. The van der Waals surface area contributed by atoms with E-state index in [1.807, 2.05) is 7.05 Å². The van der Waals surface area contributed by atoms with Gasteiger partial charge >= 0.3 is 6.18 Å². The van der Waals surface area contributed by atoms with E-state index < -0.39 is 23.2 Å². The van der Waals surface area contributed by atoms with Crippen LogP contribution in [0.5, 0.6) is 11.5 Å². The zero-order chi connectivity index (χ0) is 30.0. The van der Waals surface area contributed by atoms with Crippen molar-refractivity contribution in [3.05, 3.63) is 77.6 Å². The molecule has 0 aliphatic carbocycles. The van der Waals surface area contributed by atoms with Crippen molar-refractivity contribution in [2.24, 2.45) is 0 Å². The second-order valence-corrected chi connectivity index (χ2v) is 11.5. The molecule has 2 aromatic carbocycles. The highest BCUT2D eigenvalue weighted by molar-refractivity contribution is 7.13. The molecule has 6 rings (SSSR count). The number of ether oxygens (including phenoxy) is 2. The molecule has 0 saturated carbocycles. The monoisotopic (exact) mass is 610 g/mol. The molecule has 2 aromatic heterocycles. The van der Waals surface area contributed by atoms with Gasteiger partial charge in [-0.25, -0.2) is 4.98 Å². The van der Waals surface area contributed by atoms with E-state index in [9.17, 15) is 4.79 Å². The highest BCUT2D eigenvalue weighted by atomic mass is 32.1. The van der Waals surface area contributed by atoms with Gasteiger partial charge in [0.15, 0.2) is 0 Å². The highest BCUT2D eigenvalue weighted by Crippen LogP contribution is 2.49. The predicted octanol–water partition coefficient (Wildman–Crippen LogP) is 5.96. The highest BCUT2D eigenvalue weighted by Gasteiger charge is 2.45. The Labute approximate surface area is 250 Å². The third-order valence-electron chi connectivity index (χ3n) is 7.67. The van der Waals surface area contributed by atoms with E-state index in [0.29, 0.717) is 23.4 Å². The van der Waals surface area contributed by atoms with Gasteiger partial charge in [-0.2, -0.15) is 23.4 Å². The number of para-hydroxylation sites is 1. The second-order valence-electron chi connectivity index (χ2n) is 10.6. The van der Waals surface area contributed by atoms with Crippen molar-refractivity contribution >= 4 is 28.6 Å². The van der Waals surface area contributed by atoms with E-state index in [1.165, 1.54) is 35.9 Å². The predicted molar refractivity (Wildman–Crippen MR) is 157 cm³/mol. The topological polar surface area (TPSA) is 92.7 Å². The number of piperidine rings is 1. The maximum absolute atomic E-state index is 15.0. The molecule has 43 heavy (non-hydrogen) atoms. The van der Waals surface area contributed by atoms with E-state index in [-0.39, 0.29) is 48.3 Å². The minimum atomic E-state index is -4.79. The van der Waals surface area contributed by atoms with Gasteiger partial charge in [0.1, 0.15) is 27.8 Å². The number of hydrogen-bond acceptors (Lipinski definition) is 9. The van der Waals surface area contributed by atoms with Crippen LogP contribution in [-0.4, -0.2) is 71.4 Å². The summed E-state index contributed by atoms with van der Waals surface area (Å²) in [5, 5.41) is 12.4. The zero-order valence-corrected chi connectivity index (χ0v) is 24.1. The number of thiazole rings is 1. The first-order valence-corrected chi connectivity index (χ1v) is 14.7. The van der Waals surface area contributed by atoms with Gasteiger partial charge in [-0.3, -0.25) is 4.79 Å². The molecule has 1 spiro atoms. The maximum Gasteiger partial charge on any atom is 0.422 e. The largest absolute Gasteiger partial charge is 0.457 e. The Bertz CT molecular complexity index is 1580. The molecule has 224 valence electrons. The van der Waals surface area contributed by atoms with Crippen LogP contribution in [0, 0.1) is 0 Å². The zero-order valence-electron chi connectivity index (χ0n) is 23.3. The molecule has 0 radical (unpaired) electrons. The second kappa shape index (κ2) is 11.9. The number of morpholine rings is 1. The van der Waals surface area contributed by atoms with Gasteiger partial charge in [-0.05, 0) is 50.2 Å². The maximum atomic E-state index is 15.0. The number of nitrogens with one attached hydrogen (secondary N) is 1. The molecule has 2 aliphatic heterocycles. The number of alkyl halides is 3. The molecule has 2 saturated heterocycles. The SMILES string of the molecule is CN1CCC2(CC1)CN(c1c(NC(=O)c3csc(-c4ccnnc4)n3)ccc(Oc3ccccc3)c1C(F)(F)F)CCO2. The smallest absolute Gasteiger partial charge is 0.422 e. The van der Waals surface area contributed by atoms with Crippen molar-refractivity contribution in [3.63, 3.8) is 0 Å². The number of nitrogens with zero attached hydrogens (tertiary/aromatic N) is 5. The number of rotatable bonds is 6. The lowest BCUT2D eigenvalue weighted by Gasteiger charge is -2.48. The van der Waals surface area contributed by atoms with Gasteiger partial charge < -0.3 is 24.6 Å². The fourth-order valence-corrected chi connectivity index (χ4v) is 6.25. The number of carbonyl (C=O) groups is 1. The lowest BCUT2D eigenvalue weighted by molar-refractivity contribution is -0.138. The average molecular weight is 611 g/mol.